The highest BCUT2D eigenvalue weighted by Gasteiger charge is 2.48. The van der Waals surface area contributed by atoms with Crippen LogP contribution in [-0.4, -0.2) is 60.9 Å². The van der Waals surface area contributed by atoms with Crippen molar-refractivity contribution < 1.29 is 23.8 Å². The Hall–Kier alpha value is -3.04. The number of fused-ring (bicyclic) bond motifs is 1. The third-order valence-electron chi connectivity index (χ3n) is 6.50. The van der Waals surface area contributed by atoms with Crippen LogP contribution in [0.25, 0.3) is 0 Å². The summed E-state index contributed by atoms with van der Waals surface area (Å²) in [4.78, 5) is 25.9. The van der Waals surface area contributed by atoms with Gasteiger partial charge in [-0.25, -0.2) is 14.0 Å². The van der Waals surface area contributed by atoms with Crippen LogP contribution >= 0.6 is 0 Å². The van der Waals surface area contributed by atoms with Crippen LogP contribution in [0, 0.1) is 11.8 Å². The van der Waals surface area contributed by atoms with Crippen molar-refractivity contribution in [1.29, 1.82) is 0 Å². The van der Waals surface area contributed by atoms with E-state index in [-0.39, 0.29) is 44.2 Å². The molecule has 4 atom stereocenters. The maximum atomic E-state index is 15.5. The molecule has 1 unspecified atom stereocenters. The number of carbonyl (C=O) groups excluding carboxylic acids is 1. The Bertz CT molecular complexity index is 896. The van der Waals surface area contributed by atoms with E-state index in [2.05, 4.69) is 20.6 Å². The zero-order valence-corrected chi connectivity index (χ0v) is 17.1. The second-order valence-electron chi connectivity index (χ2n) is 8.52. The number of carboxylic acids is 1. The topological polar surface area (TPSA) is 121 Å². The van der Waals surface area contributed by atoms with Gasteiger partial charge in [0, 0.05) is 13.0 Å². The van der Waals surface area contributed by atoms with E-state index in [1.807, 2.05) is 30.3 Å². The molecule has 1 saturated carbocycles. The number of benzene rings is 1. The Balaban J connectivity index is 1.38. The molecule has 166 valence electrons. The Morgan fingerprint density at radius 2 is 2.10 bits per heavy atom. The number of aromatic nitrogens is 4. The fourth-order valence-electron chi connectivity index (χ4n) is 4.82. The van der Waals surface area contributed by atoms with Gasteiger partial charge in [-0.2, -0.15) is 5.21 Å². The van der Waals surface area contributed by atoms with Crippen molar-refractivity contribution in [3.63, 3.8) is 0 Å². The summed E-state index contributed by atoms with van der Waals surface area (Å²) in [7, 11) is 0. The lowest BCUT2D eigenvalue weighted by Gasteiger charge is -2.47. The van der Waals surface area contributed by atoms with Crippen LogP contribution in [0.3, 0.4) is 0 Å². The number of aliphatic carboxylic acids is 1. The number of nitrogens with one attached hydrogen (secondary N) is 1. The fraction of sp³-hybridized carbons (Fsp3) is 0.571. The number of ether oxygens (including phenoxy) is 1. The Morgan fingerprint density at radius 3 is 2.81 bits per heavy atom. The van der Waals surface area contributed by atoms with Gasteiger partial charge in [0.05, 0.1) is 0 Å². The number of carboxylic acid groups (broad SMARTS) is 1. The van der Waals surface area contributed by atoms with Crippen LogP contribution in [0.2, 0.25) is 0 Å². The smallest absolute Gasteiger partial charge is 0.410 e. The number of carbonyl (C=O) groups is 2. The molecule has 1 aromatic heterocycles. The van der Waals surface area contributed by atoms with Crippen molar-refractivity contribution in [2.45, 2.75) is 56.8 Å². The summed E-state index contributed by atoms with van der Waals surface area (Å²) in [5.41, 5.74) is -0.556. The number of tetrazole rings is 1. The minimum absolute atomic E-state index is 0.0638. The number of alkyl halides is 1. The summed E-state index contributed by atoms with van der Waals surface area (Å²) in [5, 5.41) is 23.3. The highest BCUT2D eigenvalue weighted by Crippen LogP contribution is 2.46. The number of piperidine rings is 1. The average Bonchev–Trinajstić information content (AvgIpc) is 3.30. The maximum Gasteiger partial charge on any atom is 0.410 e. The van der Waals surface area contributed by atoms with Crippen LogP contribution in [0.1, 0.15) is 43.5 Å². The van der Waals surface area contributed by atoms with Gasteiger partial charge in [-0.05, 0) is 49.5 Å². The Labute approximate surface area is 179 Å². The molecule has 10 heteroatoms. The lowest BCUT2D eigenvalue weighted by molar-refractivity contribution is -0.147. The van der Waals surface area contributed by atoms with Crippen molar-refractivity contribution in [3.8, 4) is 0 Å². The van der Waals surface area contributed by atoms with E-state index < -0.39 is 23.8 Å². The van der Waals surface area contributed by atoms with Crippen molar-refractivity contribution in [3.05, 3.63) is 41.7 Å². The van der Waals surface area contributed by atoms with Crippen LogP contribution in [0.5, 0.6) is 0 Å². The highest BCUT2D eigenvalue weighted by atomic mass is 19.1. The molecule has 1 aliphatic carbocycles. The summed E-state index contributed by atoms with van der Waals surface area (Å²) in [6.45, 7) is 0.358. The quantitative estimate of drug-likeness (QED) is 0.721. The SMILES string of the molecule is O=C(O)[C@@H]1C[C@H]2CC(F)(CCc3nn[nH]n3)CC[C@H]2CN1C(=O)OCc1ccccc1. The summed E-state index contributed by atoms with van der Waals surface area (Å²) >= 11 is 0. The zero-order chi connectivity index (χ0) is 21.8. The summed E-state index contributed by atoms with van der Waals surface area (Å²) in [6, 6.07) is 8.23. The number of halogens is 1. The maximum absolute atomic E-state index is 15.5. The molecule has 9 nitrogen and oxygen atoms in total. The van der Waals surface area contributed by atoms with Gasteiger partial charge >= 0.3 is 12.1 Å². The molecule has 2 aromatic rings. The standard InChI is InChI=1S/C21H26FN5O4/c22-21(9-7-18-23-25-26-24-18)8-6-15-12-27(17(19(28)29)10-16(15)11-21)20(30)31-13-14-4-2-1-3-5-14/h1-5,15-17H,6-13H2,(H,28,29)(H,23,24,25,26)/t15-,16-,17-,21?/m0/s1. The third kappa shape index (κ3) is 5.00. The minimum atomic E-state index is -1.39. The van der Waals surface area contributed by atoms with Gasteiger partial charge in [-0.1, -0.05) is 35.5 Å². The van der Waals surface area contributed by atoms with Gasteiger partial charge in [-0.3, -0.25) is 4.90 Å². The van der Waals surface area contributed by atoms with E-state index >= 15 is 4.39 Å². The number of H-pyrrole nitrogens is 1. The monoisotopic (exact) mass is 431 g/mol. The Kier molecular flexibility index (Phi) is 6.15. The highest BCUT2D eigenvalue weighted by molar-refractivity contribution is 5.80. The molecule has 1 amide bonds. The molecule has 1 saturated heterocycles. The van der Waals surface area contributed by atoms with Crippen LogP contribution in [-0.2, 0) is 22.6 Å². The molecule has 2 N–H and O–H groups in total. The fourth-order valence-corrected chi connectivity index (χ4v) is 4.82. The second kappa shape index (κ2) is 8.99. The number of nitrogens with zero attached hydrogens (tertiary/aromatic N) is 4. The summed E-state index contributed by atoms with van der Waals surface area (Å²) < 4.78 is 20.9. The van der Waals surface area contributed by atoms with Gasteiger partial charge < -0.3 is 9.84 Å². The molecule has 0 spiro atoms. The van der Waals surface area contributed by atoms with E-state index in [1.165, 1.54) is 4.90 Å². The van der Waals surface area contributed by atoms with Crippen molar-refractivity contribution in [2.75, 3.05) is 6.54 Å². The first-order chi connectivity index (χ1) is 14.9. The molecular formula is C21H26FN5O4. The lowest BCUT2D eigenvalue weighted by Crippen LogP contribution is -2.56. The minimum Gasteiger partial charge on any atom is -0.480 e. The molecule has 1 aliphatic heterocycles. The van der Waals surface area contributed by atoms with E-state index in [9.17, 15) is 14.7 Å². The van der Waals surface area contributed by atoms with E-state index in [4.69, 9.17) is 4.74 Å². The molecular weight excluding hydrogens is 405 g/mol. The number of aryl methyl sites for hydroxylation is 1. The van der Waals surface area contributed by atoms with Gasteiger partial charge in [0.1, 0.15) is 18.3 Å². The predicted molar refractivity (Wildman–Crippen MR) is 107 cm³/mol. The molecule has 2 aliphatic rings. The van der Waals surface area contributed by atoms with Crippen LogP contribution in [0.15, 0.2) is 30.3 Å². The number of rotatable bonds is 6. The molecule has 2 fully saturated rings. The van der Waals surface area contributed by atoms with Gasteiger partial charge in [0.25, 0.3) is 0 Å². The normalized spacial score (nSPS) is 28.0. The van der Waals surface area contributed by atoms with Gasteiger partial charge in [0.15, 0.2) is 5.82 Å². The number of hydrogen-bond acceptors (Lipinski definition) is 6. The molecule has 4 rings (SSSR count). The number of hydrogen-bond donors (Lipinski definition) is 2. The average molecular weight is 431 g/mol. The van der Waals surface area contributed by atoms with Gasteiger partial charge in [0.2, 0.25) is 0 Å². The van der Waals surface area contributed by atoms with Crippen LogP contribution in [0.4, 0.5) is 9.18 Å². The molecule has 1 aromatic carbocycles. The largest absolute Gasteiger partial charge is 0.480 e. The van der Waals surface area contributed by atoms with Crippen molar-refractivity contribution >= 4 is 12.1 Å². The predicted octanol–water partition coefficient (Wildman–Crippen LogP) is 2.75. The Morgan fingerprint density at radius 1 is 1.29 bits per heavy atom. The van der Waals surface area contributed by atoms with E-state index in [0.29, 0.717) is 25.1 Å². The zero-order valence-electron chi connectivity index (χ0n) is 17.1. The summed E-state index contributed by atoms with van der Waals surface area (Å²) in [6.07, 6.45) is 1.50. The van der Waals surface area contributed by atoms with E-state index in [0.717, 1.165) is 5.56 Å². The molecule has 31 heavy (non-hydrogen) atoms. The van der Waals surface area contributed by atoms with Crippen molar-refractivity contribution in [2.24, 2.45) is 11.8 Å². The first-order valence-electron chi connectivity index (χ1n) is 10.5. The lowest BCUT2D eigenvalue weighted by atomic mass is 9.67. The first kappa shape index (κ1) is 21.2. The summed E-state index contributed by atoms with van der Waals surface area (Å²) in [5.74, 6) is -0.646. The molecule has 0 bridgehead atoms. The van der Waals surface area contributed by atoms with Crippen LogP contribution < -0.4 is 0 Å². The molecule has 2 heterocycles. The number of amides is 1. The van der Waals surface area contributed by atoms with Gasteiger partial charge in [-0.15, -0.1) is 10.2 Å². The first-order valence-corrected chi connectivity index (χ1v) is 10.5. The van der Waals surface area contributed by atoms with Crippen molar-refractivity contribution in [1.82, 2.24) is 25.5 Å². The van der Waals surface area contributed by atoms with E-state index in [1.54, 1.807) is 0 Å². The third-order valence-corrected chi connectivity index (χ3v) is 6.50. The molecule has 0 radical (unpaired) electrons. The number of likely N-dealkylation sites (tertiary alicyclic amines) is 1. The number of aromatic amines is 1. The second-order valence-corrected chi connectivity index (χ2v) is 8.52.